The van der Waals surface area contributed by atoms with Crippen LogP contribution in [-0.2, 0) is 9.59 Å². The monoisotopic (exact) mass is 190 g/mol. The number of carboxylic acids is 2. The van der Waals surface area contributed by atoms with E-state index in [0.717, 1.165) is 12.2 Å². The van der Waals surface area contributed by atoms with Gasteiger partial charge >= 0.3 is 11.9 Å². The summed E-state index contributed by atoms with van der Waals surface area (Å²) in [6.07, 6.45) is 5.12. The number of rotatable bonds is 2. The smallest absolute Gasteiger partial charge is 0.327 e. The molecule has 0 aromatic rings. The van der Waals surface area contributed by atoms with Crippen LogP contribution in [0.3, 0.4) is 0 Å². The SMILES string of the molecule is CC=CC(=O)O.CC=CC(=O)O.O. The summed E-state index contributed by atoms with van der Waals surface area (Å²) in [6, 6.07) is 0. The van der Waals surface area contributed by atoms with Gasteiger partial charge < -0.3 is 15.7 Å². The number of allylic oxidation sites excluding steroid dienone is 2. The van der Waals surface area contributed by atoms with E-state index < -0.39 is 11.9 Å². The number of carboxylic acid groups (broad SMARTS) is 2. The number of hydrogen-bond acceptors (Lipinski definition) is 2. The van der Waals surface area contributed by atoms with Crippen LogP contribution >= 0.6 is 0 Å². The highest BCUT2D eigenvalue weighted by Crippen LogP contribution is 1.65. The van der Waals surface area contributed by atoms with Crippen molar-refractivity contribution in [2.24, 2.45) is 0 Å². The fourth-order valence-corrected chi connectivity index (χ4v) is 0.285. The Kier molecular flexibility index (Phi) is 17.5. The third kappa shape index (κ3) is 38.0. The fourth-order valence-electron chi connectivity index (χ4n) is 0.285. The number of carbonyl (C=O) groups is 2. The maximum atomic E-state index is 9.51. The van der Waals surface area contributed by atoms with Crippen LogP contribution < -0.4 is 0 Å². The summed E-state index contributed by atoms with van der Waals surface area (Å²) < 4.78 is 0. The topological polar surface area (TPSA) is 106 Å². The average molecular weight is 190 g/mol. The van der Waals surface area contributed by atoms with Gasteiger partial charge in [0, 0.05) is 12.2 Å². The van der Waals surface area contributed by atoms with Crippen LogP contribution in [0.1, 0.15) is 13.8 Å². The van der Waals surface area contributed by atoms with E-state index in [1.807, 2.05) is 0 Å². The quantitative estimate of drug-likeness (QED) is 0.617. The van der Waals surface area contributed by atoms with Crippen LogP contribution in [0.2, 0.25) is 0 Å². The minimum absolute atomic E-state index is 0. The van der Waals surface area contributed by atoms with Gasteiger partial charge in [0.2, 0.25) is 0 Å². The van der Waals surface area contributed by atoms with Crippen molar-refractivity contribution in [3.8, 4) is 0 Å². The Bertz CT molecular complexity index is 171. The molecule has 0 fully saturated rings. The molecule has 0 aliphatic rings. The van der Waals surface area contributed by atoms with Crippen molar-refractivity contribution in [2.45, 2.75) is 13.8 Å². The van der Waals surface area contributed by atoms with E-state index in [-0.39, 0.29) is 5.48 Å². The molecule has 5 heteroatoms. The molecule has 0 aromatic carbocycles. The molecule has 5 nitrogen and oxygen atoms in total. The van der Waals surface area contributed by atoms with Crippen LogP contribution in [0.25, 0.3) is 0 Å². The Labute approximate surface area is 76.3 Å². The lowest BCUT2D eigenvalue weighted by atomic mass is 10.5. The highest BCUT2D eigenvalue weighted by molar-refractivity contribution is 5.79. The van der Waals surface area contributed by atoms with E-state index in [9.17, 15) is 9.59 Å². The van der Waals surface area contributed by atoms with Crippen molar-refractivity contribution in [1.29, 1.82) is 0 Å². The summed E-state index contributed by atoms with van der Waals surface area (Å²) in [5, 5.41) is 15.7. The van der Waals surface area contributed by atoms with Gasteiger partial charge in [-0.3, -0.25) is 0 Å². The number of hydrogen-bond donors (Lipinski definition) is 2. The van der Waals surface area contributed by atoms with E-state index in [1.165, 1.54) is 12.2 Å². The van der Waals surface area contributed by atoms with Crippen molar-refractivity contribution in [3.05, 3.63) is 24.3 Å². The maximum Gasteiger partial charge on any atom is 0.327 e. The third-order valence-corrected chi connectivity index (χ3v) is 0.618. The van der Waals surface area contributed by atoms with E-state index in [1.54, 1.807) is 13.8 Å². The molecule has 0 amide bonds. The molecule has 0 aliphatic heterocycles. The molecule has 76 valence electrons. The molecule has 0 bridgehead atoms. The van der Waals surface area contributed by atoms with Gasteiger partial charge in [0.25, 0.3) is 0 Å². The Balaban J connectivity index is -0.000000143. The van der Waals surface area contributed by atoms with Crippen LogP contribution in [0, 0.1) is 0 Å². The van der Waals surface area contributed by atoms with Gasteiger partial charge in [0.15, 0.2) is 0 Å². The van der Waals surface area contributed by atoms with Gasteiger partial charge in [-0.25, -0.2) is 9.59 Å². The molecule has 0 spiro atoms. The molecule has 4 N–H and O–H groups in total. The van der Waals surface area contributed by atoms with E-state index in [2.05, 4.69) is 0 Å². The molecule has 0 aromatic heterocycles. The van der Waals surface area contributed by atoms with Gasteiger partial charge in [-0.15, -0.1) is 0 Å². The van der Waals surface area contributed by atoms with Crippen LogP contribution in [0.5, 0.6) is 0 Å². The van der Waals surface area contributed by atoms with Gasteiger partial charge in [-0.1, -0.05) is 12.2 Å². The zero-order chi connectivity index (χ0) is 9.98. The summed E-state index contributed by atoms with van der Waals surface area (Å²) >= 11 is 0. The summed E-state index contributed by atoms with van der Waals surface area (Å²) in [4.78, 5) is 19.0. The largest absolute Gasteiger partial charge is 0.478 e. The Morgan fingerprint density at radius 2 is 1.15 bits per heavy atom. The maximum absolute atomic E-state index is 9.51. The highest BCUT2D eigenvalue weighted by Gasteiger charge is 1.77. The zero-order valence-corrected chi connectivity index (χ0v) is 7.52. The second-order valence-corrected chi connectivity index (χ2v) is 1.68. The second-order valence-electron chi connectivity index (χ2n) is 1.68. The van der Waals surface area contributed by atoms with Gasteiger partial charge in [-0.2, -0.15) is 0 Å². The molecule has 0 saturated carbocycles. The van der Waals surface area contributed by atoms with Crippen molar-refractivity contribution < 1.29 is 25.3 Å². The van der Waals surface area contributed by atoms with E-state index in [4.69, 9.17) is 10.2 Å². The van der Waals surface area contributed by atoms with E-state index >= 15 is 0 Å². The Hall–Kier alpha value is -1.62. The number of aliphatic carboxylic acids is 2. The Morgan fingerprint density at radius 3 is 1.15 bits per heavy atom. The van der Waals surface area contributed by atoms with Gasteiger partial charge in [0.1, 0.15) is 0 Å². The molecule has 0 rings (SSSR count). The molecule has 0 unspecified atom stereocenters. The zero-order valence-electron chi connectivity index (χ0n) is 7.52. The Morgan fingerprint density at radius 1 is 0.923 bits per heavy atom. The minimum atomic E-state index is -0.891. The standard InChI is InChI=1S/2C4H6O2.H2O/c2*1-2-3-4(5)6;/h2*2-3H,1H3,(H,5,6);1H2. The first-order chi connectivity index (χ1) is 5.54. The molecule has 0 saturated heterocycles. The van der Waals surface area contributed by atoms with E-state index in [0.29, 0.717) is 0 Å². The van der Waals surface area contributed by atoms with Crippen LogP contribution in [0.4, 0.5) is 0 Å². The van der Waals surface area contributed by atoms with Crippen molar-refractivity contribution in [3.63, 3.8) is 0 Å². The van der Waals surface area contributed by atoms with Gasteiger partial charge in [0.05, 0.1) is 0 Å². The molecular weight excluding hydrogens is 176 g/mol. The molecule has 0 atom stereocenters. The molecule has 13 heavy (non-hydrogen) atoms. The summed E-state index contributed by atoms with van der Waals surface area (Å²) in [6.45, 7) is 3.32. The lowest BCUT2D eigenvalue weighted by Gasteiger charge is -1.68. The summed E-state index contributed by atoms with van der Waals surface area (Å²) in [5.41, 5.74) is 0. The lowest BCUT2D eigenvalue weighted by molar-refractivity contribution is -0.132. The predicted molar refractivity (Wildman–Crippen MR) is 48.5 cm³/mol. The molecule has 0 aliphatic carbocycles. The normalized spacial score (nSPS) is 8.77. The van der Waals surface area contributed by atoms with Crippen LogP contribution in [0.15, 0.2) is 24.3 Å². The average Bonchev–Trinajstić information content (AvgIpc) is 1.87. The summed E-state index contributed by atoms with van der Waals surface area (Å²) in [7, 11) is 0. The third-order valence-electron chi connectivity index (χ3n) is 0.618. The minimum Gasteiger partial charge on any atom is -0.478 e. The summed E-state index contributed by atoms with van der Waals surface area (Å²) in [5.74, 6) is -1.78. The van der Waals surface area contributed by atoms with Gasteiger partial charge in [-0.05, 0) is 13.8 Å². The fraction of sp³-hybridized carbons (Fsp3) is 0.250. The van der Waals surface area contributed by atoms with Crippen molar-refractivity contribution in [2.75, 3.05) is 0 Å². The molecule has 0 heterocycles. The predicted octanol–water partition coefficient (Wildman–Crippen LogP) is 0.469. The first-order valence-corrected chi connectivity index (χ1v) is 3.25. The second kappa shape index (κ2) is 13.0. The van der Waals surface area contributed by atoms with Crippen LogP contribution in [-0.4, -0.2) is 27.6 Å². The van der Waals surface area contributed by atoms with Crippen molar-refractivity contribution in [1.82, 2.24) is 0 Å². The lowest BCUT2D eigenvalue weighted by Crippen LogP contribution is -1.83. The molecular formula is C8H14O5. The van der Waals surface area contributed by atoms with Crippen molar-refractivity contribution >= 4 is 11.9 Å². The highest BCUT2D eigenvalue weighted by atomic mass is 16.4. The first-order valence-electron chi connectivity index (χ1n) is 3.25. The first kappa shape index (κ1) is 17.5. The molecule has 0 radical (unpaired) electrons.